The van der Waals surface area contributed by atoms with E-state index in [4.69, 9.17) is 23.2 Å². The second kappa shape index (κ2) is 9.23. The van der Waals surface area contributed by atoms with Gasteiger partial charge in [0.15, 0.2) is 9.84 Å². The third-order valence-corrected chi connectivity index (χ3v) is 7.51. The number of sulfonamides is 1. The average Bonchev–Trinajstić information content (AvgIpc) is 2.59. The Bertz CT molecular complexity index is 1220. The molecule has 1 amide bonds. The van der Waals surface area contributed by atoms with Crippen molar-refractivity contribution >= 4 is 54.7 Å². The number of sulfone groups is 1. The number of benzene rings is 2. The molecule has 7 nitrogen and oxygen atoms in total. The molecule has 0 heterocycles. The molecule has 2 N–H and O–H groups in total. The van der Waals surface area contributed by atoms with Gasteiger partial charge in [-0.25, -0.2) is 16.8 Å². The predicted molar refractivity (Wildman–Crippen MR) is 109 cm³/mol. The summed E-state index contributed by atoms with van der Waals surface area (Å²) in [6.07, 6.45) is -4.91. The highest BCUT2D eigenvalue weighted by atomic mass is 35.5. The summed E-state index contributed by atoms with van der Waals surface area (Å²) in [5, 5.41) is 1.58. The Balaban J connectivity index is 2.47. The number of anilines is 1. The molecule has 0 aliphatic carbocycles. The molecule has 31 heavy (non-hydrogen) atoms. The number of carbonyl (C=O) groups is 1. The number of hydrogen-bond acceptors (Lipinski definition) is 5. The zero-order valence-electron chi connectivity index (χ0n) is 15.6. The minimum absolute atomic E-state index is 0.0226. The summed E-state index contributed by atoms with van der Waals surface area (Å²) in [4.78, 5) is 9.69. The van der Waals surface area contributed by atoms with E-state index in [1.165, 1.54) is 13.0 Å². The highest BCUT2D eigenvalue weighted by molar-refractivity contribution is 7.93. The normalized spacial score (nSPS) is 12.5. The van der Waals surface area contributed by atoms with Gasteiger partial charge in [0, 0.05) is 18.5 Å². The van der Waals surface area contributed by atoms with Crippen molar-refractivity contribution in [3.8, 4) is 0 Å². The van der Waals surface area contributed by atoms with Crippen LogP contribution in [0.3, 0.4) is 0 Å². The van der Waals surface area contributed by atoms with E-state index in [0.717, 1.165) is 24.3 Å². The molecular formula is C17H15Cl2F3N2O5S2. The molecule has 0 bridgehead atoms. The molecule has 0 aliphatic heterocycles. The maximum Gasteiger partial charge on any atom is 0.417 e. The molecule has 0 unspecified atom stereocenters. The summed E-state index contributed by atoms with van der Waals surface area (Å²) < 4.78 is 91.7. The summed E-state index contributed by atoms with van der Waals surface area (Å²) in [6, 6.07) is 5.20. The summed E-state index contributed by atoms with van der Waals surface area (Å²) >= 11 is 11.3. The van der Waals surface area contributed by atoms with Crippen LogP contribution >= 0.6 is 23.2 Å². The zero-order chi connectivity index (χ0) is 23.6. The first-order chi connectivity index (χ1) is 14.1. The maximum atomic E-state index is 13.1. The fourth-order valence-corrected chi connectivity index (χ4v) is 5.29. The molecule has 0 atom stereocenters. The van der Waals surface area contributed by atoms with E-state index < -0.39 is 63.8 Å². The minimum atomic E-state index is -4.91. The largest absolute Gasteiger partial charge is 0.417 e. The lowest BCUT2D eigenvalue weighted by molar-refractivity contribution is -0.137. The van der Waals surface area contributed by atoms with E-state index in [9.17, 15) is 34.8 Å². The lowest BCUT2D eigenvalue weighted by Gasteiger charge is -2.15. The van der Waals surface area contributed by atoms with E-state index in [1.807, 2.05) is 4.72 Å². The molecule has 0 spiro atoms. The number of carbonyl (C=O) groups excluding carboxylic acids is 1. The fraction of sp³-hybridized carbons (Fsp3) is 0.235. The zero-order valence-corrected chi connectivity index (χ0v) is 18.8. The highest BCUT2D eigenvalue weighted by Crippen LogP contribution is 2.36. The van der Waals surface area contributed by atoms with Crippen molar-refractivity contribution in [2.24, 2.45) is 0 Å². The lowest BCUT2D eigenvalue weighted by atomic mass is 10.2. The Kier molecular flexibility index (Phi) is 7.51. The van der Waals surface area contributed by atoms with Crippen LogP contribution in [-0.2, 0) is 30.8 Å². The first-order valence-corrected chi connectivity index (χ1v) is 12.2. The monoisotopic (exact) mass is 518 g/mol. The van der Waals surface area contributed by atoms with Crippen LogP contribution in [0.2, 0.25) is 10.0 Å². The van der Waals surface area contributed by atoms with Gasteiger partial charge < -0.3 is 5.32 Å². The Labute approximate surface area is 186 Å². The molecule has 2 rings (SSSR count). The molecule has 2 aromatic carbocycles. The van der Waals surface area contributed by atoms with Crippen molar-refractivity contribution < 1.29 is 34.8 Å². The standard InChI is InChI=1S/C17H15Cl2F3N2O5S2/c1-10(25)23-6-7-30(26,27)16-5-2-11(18)8-15(16)24-31(28,29)12-3-4-14(19)13(9-12)17(20,21)22/h2-5,8-9,24H,6-7H2,1H3,(H,23,25). The SMILES string of the molecule is CC(=O)NCCS(=O)(=O)c1ccc(Cl)cc1NS(=O)(=O)c1ccc(Cl)c(C(F)(F)F)c1. The summed E-state index contributed by atoms with van der Waals surface area (Å²) in [7, 11) is -8.75. The topological polar surface area (TPSA) is 109 Å². The van der Waals surface area contributed by atoms with Gasteiger partial charge in [-0.1, -0.05) is 23.2 Å². The van der Waals surface area contributed by atoms with Gasteiger partial charge in [-0.2, -0.15) is 13.2 Å². The average molecular weight is 519 g/mol. The summed E-state index contributed by atoms with van der Waals surface area (Å²) in [6.45, 7) is 0.953. The number of amides is 1. The number of alkyl halides is 3. The second-order valence-electron chi connectivity index (χ2n) is 6.19. The molecule has 14 heteroatoms. The molecule has 0 saturated carbocycles. The van der Waals surface area contributed by atoms with E-state index in [2.05, 4.69) is 5.32 Å². The van der Waals surface area contributed by atoms with E-state index in [-0.39, 0.29) is 11.6 Å². The van der Waals surface area contributed by atoms with Crippen LogP contribution in [0.25, 0.3) is 0 Å². The van der Waals surface area contributed by atoms with Crippen LogP contribution in [0.1, 0.15) is 12.5 Å². The van der Waals surface area contributed by atoms with E-state index >= 15 is 0 Å². The van der Waals surface area contributed by atoms with Gasteiger partial charge in [0.2, 0.25) is 5.91 Å². The number of nitrogens with one attached hydrogen (secondary N) is 2. The van der Waals surface area contributed by atoms with Gasteiger partial charge in [0.25, 0.3) is 10.0 Å². The van der Waals surface area contributed by atoms with Crippen LogP contribution in [-0.4, -0.2) is 35.0 Å². The Morgan fingerprint density at radius 3 is 2.26 bits per heavy atom. The van der Waals surface area contributed by atoms with Gasteiger partial charge in [-0.3, -0.25) is 9.52 Å². The van der Waals surface area contributed by atoms with Crippen LogP contribution in [0.15, 0.2) is 46.2 Å². The quantitative estimate of drug-likeness (QED) is 0.580. The van der Waals surface area contributed by atoms with Crippen molar-refractivity contribution in [3.63, 3.8) is 0 Å². The fourth-order valence-electron chi connectivity index (χ4n) is 2.42. The molecule has 2 aromatic rings. The third-order valence-electron chi connectivity index (χ3n) is 3.82. The summed E-state index contributed by atoms with van der Waals surface area (Å²) in [5.41, 5.74) is -1.83. The van der Waals surface area contributed by atoms with Crippen LogP contribution in [0.5, 0.6) is 0 Å². The number of halogens is 5. The molecule has 0 fully saturated rings. The van der Waals surface area contributed by atoms with Crippen LogP contribution < -0.4 is 10.0 Å². The maximum absolute atomic E-state index is 13.1. The number of hydrogen-bond donors (Lipinski definition) is 2. The van der Waals surface area contributed by atoms with Crippen LogP contribution in [0.4, 0.5) is 18.9 Å². The van der Waals surface area contributed by atoms with E-state index in [1.54, 1.807) is 0 Å². The van der Waals surface area contributed by atoms with Gasteiger partial charge >= 0.3 is 6.18 Å². The number of rotatable bonds is 7. The minimum Gasteiger partial charge on any atom is -0.355 e. The van der Waals surface area contributed by atoms with Crippen molar-refractivity contribution in [2.75, 3.05) is 17.0 Å². The van der Waals surface area contributed by atoms with Gasteiger partial charge in [-0.05, 0) is 36.4 Å². The van der Waals surface area contributed by atoms with Crippen molar-refractivity contribution in [2.45, 2.75) is 22.9 Å². The van der Waals surface area contributed by atoms with Crippen molar-refractivity contribution in [3.05, 3.63) is 52.0 Å². The predicted octanol–water partition coefficient (Wildman–Crippen LogP) is 3.72. The van der Waals surface area contributed by atoms with Crippen molar-refractivity contribution in [1.29, 1.82) is 0 Å². The third kappa shape index (κ3) is 6.48. The molecule has 0 saturated heterocycles. The Morgan fingerprint density at radius 1 is 1.03 bits per heavy atom. The summed E-state index contributed by atoms with van der Waals surface area (Å²) in [5.74, 6) is -1.02. The molecular weight excluding hydrogens is 504 g/mol. The Hall–Kier alpha value is -2.02. The molecule has 170 valence electrons. The Morgan fingerprint density at radius 2 is 1.68 bits per heavy atom. The van der Waals surface area contributed by atoms with Crippen molar-refractivity contribution in [1.82, 2.24) is 5.32 Å². The lowest BCUT2D eigenvalue weighted by Crippen LogP contribution is -2.27. The molecule has 0 aliphatic rings. The van der Waals surface area contributed by atoms with Gasteiger partial charge in [0.1, 0.15) is 0 Å². The van der Waals surface area contributed by atoms with Crippen LogP contribution in [0, 0.1) is 0 Å². The van der Waals surface area contributed by atoms with Gasteiger partial charge in [0.05, 0.1) is 31.8 Å². The smallest absolute Gasteiger partial charge is 0.355 e. The van der Waals surface area contributed by atoms with Gasteiger partial charge in [-0.15, -0.1) is 0 Å². The second-order valence-corrected chi connectivity index (χ2v) is 10.8. The molecule has 0 aromatic heterocycles. The highest BCUT2D eigenvalue weighted by Gasteiger charge is 2.35. The van der Waals surface area contributed by atoms with E-state index in [0.29, 0.717) is 6.07 Å². The molecule has 0 radical (unpaired) electrons. The first kappa shape index (κ1) is 25.2. The first-order valence-electron chi connectivity index (χ1n) is 8.30.